The molecule has 0 saturated heterocycles. The van der Waals surface area contributed by atoms with Gasteiger partial charge in [-0.1, -0.05) is 18.2 Å². The fourth-order valence-corrected chi connectivity index (χ4v) is 3.50. The topological polar surface area (TPSA) is 38.7 Å². The molecular formula is C23H18F2O3. The van der Waals surface area contributed by atoms with Gasteiger partial charge in [-0.05, 0) is 61.0 Å². The lowest BCUT2D eigenvalue weighted by Gasteiger charge is -2.35. The van der Waals surface area contributed by atoms with Crippen molar-refractivity contribution in [2.24, 2.45) is 0 Å². The number of allylic oxidation sites excluding steroid dienone is 1. The maximum atomic E-state index is 13.5. The minimum absolute atomic E-state index is 0.124. The summed E-state index contributed by atoms with van der Waals surface area (Å²) in [6.45, 7) is 1.96. The Kier molecular flexibility index (Phi) is 4.30. The van der Waals surface area contributed by atoms with Crippen molar-refractivity contribution in [2.45, 2.75) is 12.3 Å². The first-order chi connectivity index (χ1) is 13.4. The Balaban J connectivity index is 1.95. The summed E-state index contributed by atoms with van der Waals surface area (Å²) in [5, 5.41) is 10.7. The molecule has 4 rings (SSSR count). The monoisotopic (exact) mass is 380 g/mol. The molecule has 1 atom stereocenters. The lowest BCUT2D eigenvalue weighted by Crippen LogP contribution is -2.26. The third kappa shape index (κ3) is 2.89. The maximum absolute atomic E-state index is 13.5. The number of phenols is 1. The van der Waals surface area contributed by atoms with E-state index < -0.39 is 5.41 Å². The fraction of sp³-hybridized carbons (Fsp3) is 0.130. The van der Waals surface area contributed by atoms with Gasteiger partial charge in [0.25, 0.3) is 0 Å². The van der Waals surface area contributed by atoms with E-state index in [1.807, 2.05) is 19.1 Å². The quantitative estimate of drug-likeness (QED) is 0.660. The van der Waals surface area contributed by atoms with Crippen LogP contribution in [0.3, 0.4) is 0 Å². The van der Waals surface area contributed by atoms with Crippen LogP contribution < -0.4 is 9.47 Å². The lowest BCUT2D eigenvalue weighted by molar-refractivity contribution is 0.351. The summed E-state index contributed by atoms with van der Waals surface area (Å²) in [6.07, 6.45) is 1.89. The molecule has 3 aromatic rings. The van der Waals surface area contributed by atoms with Gasteiger partial charge in [-0.3, -0.25) is 0 Å². The van der Waals surface area contributed by atoms with E-state index in [2.05, 4.69) is 0 Å². The average Bonchev–Trinajstić information content (AvgIpc) is 2.69. The van der Waals surface area contributed by atoms with E-state index in [1.165, 1.54) is 31.4 Å². The van der Waals surface area contributed by atoms with Crippen LogP contribution in [-0.2, 0) is 5.41 Å². The summed E-state index contributed by atoms with van der Waals surface area (Å²) in [6, 6.07) is 15.6. The Morgan fingerprint density at radius 3 is 2.11 bits per heavy atom. The van der Waals surface area contributed by atoms with E-state index in [1.54, 1.807) is 30.3 Å². The molecule has 0 aliphatic carbocycles. The van der Waals surface area contributed by atoms with E-state index in [4.69, 9.17) is 9.47 Å². The van der Waals surface area contributed by atoms with Crippen molar-refractivity contribution in [3.63, 3.8) is 0 Å². The molecule has 0 bridgehead atoms. The minimum atomic E-state index is -0.714. The van der Waals surface area contributed by atoms with E-state index in [9.17, 15) is 13.9 Å². The van der Waals surface area contributed by atoms with Crippen LogP contribution in [0.1, 0.15) is 23.6 Å². The van der Waals surface area contributed by atoms with Gasteiger partial charge >= 0.3 is 0 Å². The third-order valence-corrected chi connectivity index (χ3v) is 5.08. The van der Waals surface area contributed by atoms with Gasteiger partial charge in [-0.25, -0.2) is 8.78 Å². The summed E-state index contributed by atoms with van der Waals surface area (Å²) in [5.74, 6) is 0.184. The third-order valence-electron chi connectivity index (χ3n) is 5.08. The summed E-state index contributed by atoms with van der Waals surface area (Å²) in [7, 11) is 1.46. The average molecular weight is 380 g/mol. The first kappa shape index (κ1) is 18.0. The lowest BCUT2D eigenvalue weighted by atomic mass is 9.73. The van der Waals surface area contributed by atoms with Gasteiger partial charge in [0.2, 0.25) is 5.75 Å². The van der Waals surface area contributed by atoms with E-state index in [-0.39, 0.29) is 28.9 Å². The van der Waals surface area contributed by atoms with Gasteiger partial charge in [0, 0.05) is 16.5 Å². The number of fused-ring (bicyclic) bond motifs is 1. The first-order valence-corrected chi connectivity index (χ1v) is 8.75. The molecule has 3 aromatic carbocycles. The molecule has 0 radical (unpaired) electrons. The molecule has 0 spiro atoms. The van der Waals surface area contributed by atoms with Crippen molar-refractivity contribution >= 4 is 5.76 Å². The van der Waals surface area contributed by atoms with Gasteiger partial charge in [0.1, 0.15) is 17.4 Å². The van der Waals surface area contributed by atoms with Crippen LogP contribution in [0.15, 0.2) is 66.7 Å². The number of aromatic hydroxyl groups is 1. The molecule has 1 N–H and O–H groups in total. The molecule has 0 amide bonds. The largest absolute Gasteiger partial charge is 0.502 e. The van der Waals surface area contributed by atoms with Crippen LogP contribution in [0.5, 0.6) is 17.2 Å². The van der Waals surface area contributed by atoms with Crippen LogP contribution in [0, 0.1) is 11.6 Å². The van der Waals surface area contributed by atoms with Gasteiger partial charge in [0.15, 0.2) is 11.5 Å². The highest BCUT2D eigenvalue weighted by Crippen LogP contribution is 2.51. The number of methoxy groups -OCH3 is 1. The zero-order valence-corrected chi connectivity index (χ0v) is 15.4. The molecule has 1 aliphatic rings. The van der Waals surface area contributed by atoms with Crippen LogP contribution >= 0.6 is 0 Å². The Hall–Kier alpha value is -3.34. The number of halogens is 2. The first-order valence-electron chi connectivity index (χ1n) is 8.75. The molecule has 1 aliphatic heterocycles. The van der Waals surface area contributed by atoms with Gasteiger partial charge < -0.3 is 14.6 Å². The van der Waals surface area contributed by atoms with Crippen molar-refractivity contribution in [3.05, 3.63) is 95.1 Å². The van der Waals surface area contributed by atoms with Crippen LogP contribution in [0.4, 0.5) is 8.78 Å². The highest BCUT2D eigenvalue weighted by atomic mass is 19.1. The maximum Gasteiger partial charge on any atom is 0.201 e. The summed E-state index contributed by atoms with van der Waals surface area (Å²) in [5.41, 5.74) is 1.47. The molecule has 3 nitrogen and oxygen atoms in total. The summed E-state index contributed by atoms with van der Waals surface area (Å²) in [4.78, 5) is 0. The molecule has 28 heavy (non-hydrogen) atoms. The normalized spacial score (nSPS) is 18.1. The summed E-state index contributed by atoms with van der Waals surface area (Å²) < 4.78 is 38.1. The molecule has 1 unspecified atom stereocenters. The SMILES string of the molecule is COc1ccc2c(c1O)OC(c1ccc(F)cc1)=CC2(C)c1ccc(F)cc1. The molecule has 142 valence electrons. The number of phenolic OH excluding ortho intramolecular Hbond substituents is 1. The van der Waals surface area contributed by atoms with Gasteiger partial charge in [0.05, 0.1) is 7.11 Å². The second-order valence-electron chi connectivity index (χ2n) is 6.82. The highest BCUT2D eigenvalue weighted by molar-refractivity contribution is 5.73. The second-order valence-corrected chi connectivity index (χ2v) is 6.82. The summed E-state index contributed by atoms with van der Waals surface area (Å²) >= 11 is 0. The number of hydrogen-bond acceptors (Lipinski definition) is 3. The Morgan fingerprint density at radius 1 is 0.893 bits per heavy atom. The smallest absolute Gasteiger partial charge is 0.201 e. The predicted octanol–water partition coefficient (Wildman–Crippen LogP) is 5.42. The number of hydrogen-bond donors (Lipinski definition) is 1. The number of rotatable bonds is 3. The van der Waals surface area contributed by atoms with Crippen LogP contribution in [0.2, 0.25) is 0 Å². The Bertz CT molecular complexity index is 1060. The van der Waals surface area contributed by atoms with Crippen LogP contribution in [-0.4, -0.2) is 12.2 Å². The van der Waals surface area contributed by atoms with E-state index in [0.29, 0.717) is 16.9 Å². The second kappa shape index (κ2) is 6.68. The van der Waals surface area contributed by atoms with Gasteiger partial charge in [-0.15, -0.1) is 0 Å². The Labute approximate surface area is 161 Å². The molecule has 5 heteroatoms. The van der Waals surface area contributed by atoms with Crippen LogP contribution in [0.25, 0.3) is 5.76 Å². The molecule has 1 heterocycles. The van der Waals surface area contributed by atoms with Crippen molar-refractivity contribution in [3.8, 4) is 17.2 Å². The van der Waals surface area contributed by atoms with Gasteiger partial charge in [-0.2, -0.15) is 0 Å². The van der Waals surface area contributed by atoms with Crippen molar-refractivity contribution in [2.75, 3.05) is 7.11 Å². The predicted molar refractivity (Wildman–Crippen MR) is 103 cm³/mol. The number of benzene rings is 3. The molecule has 0 saturated carbocycles. The minimum Gasteiger partial charge on any atom is -0.502 e. The molecule has 0 aromatic heterocycles. The Morgan fingerprint density at radius 2 is 1.50 bits per heavy atom. The zero-order chi connectivity index (χ0) is 19.9. The fourth-order valence-electron chi connectivity index (χ4n) is 3.50. The molecular weight excluding hydrogens is 362 g/mol. The number of ether oxygens (including phenoxy) is 2. The molecule has 0 fully saturated rings. The van der Waals surface area contributed by atoms with Crippen molar-refractivity contribution in [1.29, 1.82) is 0 Å². The van der Waals surface area contributed by atoms with E-state index in [0.717, 1.165) is 5.56 Å². The highest BCUT2D eigenvalue weighted by Gasteiger charge is 2.37. The van der Waals surface area contributed by atoms with E-state index >= 15 is 0 Å². The zero-order valence-electron chi connectivity index (χ0n) is 15.4. The van der Waals surface area contributed by atoms with Crippen molar-refractivity contribution in [1.82, 2.24) is 0 Å². The van der Waals surface area contributed by atoms with Crippen molar-refractivity contribution < 1.29 is 23.4 Å². The standard InChI is InChI=1S/C23H18F2O3/c1-23(15-5-9-17(25)10-6-15)13-20(14-3-7-16(24)8-4-14)28-22-18(23)11-12-19(27-2)21(22)26/h3-13,26H,1-2H3.